The van der Waals surface area contributed by atoms with Crippen LogP contribution in [0, 0.1) is 5.92 Å². The first-order valence-electron chi connectivity index (χ1n) is 10.6. The van der Waals surface area contributed by atoms with Crippen molar-refractivity contribution in [2.75, 3.05) is 0 Å². The Morgan fingerprint density at radius 3 is 2.45 bits per heavy atom. The summed E-state index contributed by atoms with van der Waals surface area (Å²) in [5, 5.41) is 25.0. The minimum Gasteiger partial charge on any atom is -0.366 e. The number of imidazole rings is 1. The smallest absolute Gasteiger partial charge is 0.236 e. The van der Waals surface area contributed by atoms with Crippen molar-refractivity contribution in [2.24, 2.45) is 5.92 Å². The number of amides is 1. The Morgan fingerprint density at radius 2 is 1.84 bits per heavy atom. The summed E-state index contributed by atoms with van der Waals surface area (Å²) in [6.45, 7) is 9.44. The number of nitrogens with one attached hydrogen (secondary N) is 1. The number of carbonyl (C=O) groups is 1. The third kappa shape index (κ3) is 4.95. The number of aryl methyl sites for hydroxylation is 1. The van der Waals surface area contributed by atoms with E-state index in [-0.39, 0.29) is 11.8 Å². The SMILES string of the molecule is CCc1ccc(-n2ccnc2SC(C)(C)C(=O)NC(C(C)C)C(O)O)c2ccccc12. The first-order chi connectivity index (χ1) is 14.7. The molecule has 31 heavy (non-hydrogen) atoms. The highest BCUT2D eigenvalue weighted by Crippen LogP contribution is 2.35. The van der Waals surface area contributed by atoms with Crippen LogP contribution in [0.2, 0.25) is 0 Å². The topological polar surface area (TPSA) is 87.4 Å². The number of fused-ring (bicyclic) bond motifs is 1. The van der Waals surface area contributed by atoms with Crippen LogP contribution < -0.4 is 5.32 Å². The first-order valence-corrected chi connectivity index (χ1v) is 11.4. The lowest BCUT2D eigenvalue weighted by molar-refractivity contribution is -0.130. The highest BCUT2D eigenvalue weighted by Gasteiger charge is 2.34. The number of carbonyl (C=O) groups excluding carboxylic acids is 1. The largest absolute Gasteiger partial charge is 0.366 e. The molecule has 0 aliphatic carbocycles. The predicted octanol–water partition coefficient (Wildman–Crippen LogP) is 3.91. The van der Waals surface area contributed by atoms with E-state index in [9.17, 15) is 15.0 Å². The number of aliphatic hydroxyl groups excluding tert-OH is 1. The molecule has 1 unspecified atom stereocenters. The molecule has 0 spiro atoms. The average Bonchev–Trinajstić information content (AvgIpc) is 3.17. The van der Waals surface area contributed by atoms with Crippen LogP contribution in [0.5, 0.6) is 0 Å². The summed E-state index contributed by atoms with van der Waals surface area (Å²) in [7, 11) is 0. The van der Waals surface area contributed by atoms with E-state index in [4.69, 9.17) is 0 Å². The van der Waals surface area contributed by atoms with Gasteiger partial charge < -0.3 is 15.5 Å². The predicted molar refractivity (Wildman–Crippen MR) is 125 cm³/mol. The molecule has 2 aromatic carbocycles. The number of benzene rings is 2. The maximum atomic E-state index is 13.0. The fourth-order valence-corrected chi connectivity index (χ4v) is 4.58. The zero-order valence-corrected chi connectivity index (χ0v) is 19.5. The van der Waals surface area contributed by atoms with Crippen molar-refractivity contribution in [3.05, 3.63) is 54.4 Å². The van der Waals surface area contributed by atoms with Crippen molar-refractivity contribution in [1.82, 2.24) is 14.9 Å². The van der Waals surface area contributed by atoms with E-state index in [1.807, 2.05) is 50.6 Å². The molecule has 1 aromatic heterocycles. The van der Waals surface area contributed by atoms with Gasteiger partial charge in [-0.1, -0.05) is 62.9 Å². The van der Waals surface area contributed by atoms with Crippen molar-refractivity contribution in [3.8, 4) is 5.69 Å². The van der Waals surface area contributed by atoms with Gasteiger partial charge in [-0.15, -0.1) is 0 Å². The molecule has 7 heteroatoms. The third-order valence-corrected chi connectivity index (χ3v) is 6.65. The van der Waals surface area contributed by atoms with Gasteiger partial charge in [0.15, 0.2) is 11.4 Å². The molecule has 1 atom stereocenters. The molecule has 166 valence electrons. The zero-order valence-electron chi connectivity index (χ0n) is 18.7. The third-order valence-electron chi connectivity index (χ3n) is 5.47. The summed E-state index contributed by atoms with van der Waals surface area (Å²) in [5.74, 6) is -0.389. The fraction of sp³-hybridized carbons (Fsp3) is 0.417. The normalized spacial score (nSPS) is 13.2. The molecular weight excluding hydrogens is 410 g/mol. The number of aliphatic hydroxyl groups is 2. The maximum absolute atomic E-state index is 13.0. The second-order valence-electron chi connectivity index (χ2n) is 8.49. The van der Waals surface area contributed by atoms with Gasteiger partial charge in [-0.3, -0.25) is 9.36 Å². The highest BCUT2D eigenvalue weighted by atomic mass is 32.2. The summed E-state index contributed by atoms with van der Waals surface area (Å²) in [4.78, 5) is 17.5. The van der Waals surface area contributed by atoms with Crippen molar-refractivity contribution in [2.45, 2.75) is 63.3 Å². The van der Waals surface area contributed by atoms with E-state index in [2.05, 4.69) is 41.5 Å². The lowest BCUT2D eigenvalue weighted by Crippen LogP contribution is -2.52. The molecule has 6 nitrogen and oxygen atoms in total. The molecule has 0 saturated heterocycles. The van der Waals surface area contributed by atoms with Gasteiger partial charge in [0.1, 0.15) is 0 Å². The van der Waals surface area contributed by atoms with Gasteiger partial charge in [0, 0.05) is 17.8 Å². The van der Waals surface area contributed by atoms with Crippen LogP contribution in [0.4, 0.5) is 0 Å². The minimum atomic E-state index is -1.62. The van der Waals surface area contributed by atoms with Gasteiger partial charge in [-0.05, 0) is 43.2 Å². The highest BCUT2D eigenvalue weighted by molar-refractivity contribution is 8.01. The molecule has 0 bridgehead atoms. The van der Waals surface area contributed by atoms with Crippen LogP contribution in [-0.4, -0.2) is 42.8 Å². The standard InChI is InChI=1S/C24H31N3O3S/c1-6-16-11-12-19(18-10-8-7-9-17(16)18)27-14-13-25-23(27)31-24(4,5)22(30)26-20(15(2)3)21(28)29/h7-15,20-21,28-29H,6H2,1-5H3,(H,26,30). The lowest BCUT2D eigenvalue weighted by atomic mass is 10.0. The van der Waals surface area contributed by atoms with Crippen LogP contribution in [0.25, 0.3) is 16.5 Å². The van der Waals surface area contributed by atoms with Gasteiger partial charge >= 0.3 is 0 Å². The monoisotopic (exact) mass is 441 g/mol. The molecule has 1 heterocycles. The van der Waals surface area contributed by atoms with Gasteiger partial charge in [-0.25, -0.2) is 4.98 Å². The fourth-order valence-electron chi connectivity index (χ4n) is 3.60. The molecular formula is C24H31N3O3S. The Labute approximate surface area is 187 Å². The van der Waals surface area contributed by atoms with Crippen LogP contribution in [-0.2, 0) is 11.2 Å². The molecule has 0 fully saturated rings. The Kier molecular flexibility index (Phi) is 7.09. The van der Waals surface area contributed by atoms with Gasteiger partial charge in [0.05, 0.1) is 16.5 Å². The summed E-state index contributed by atoms with van der Waals surface area (Å²) < 4.78 is 1.13. The second kappa shape index (κ2) is 9.42. The quantitative estimate of drug-likeness (QED) is 0.364. The number of nitrogens with zero attached hydrogens (tertiary/aromatic N) is 2. The number of rotatable bonds is 8. The van der Waals surface area contributed by atoms with E-state index < -0.39 is 17.1 Å². The number of aromatic nitrogens is 2. The Hall–Kier alpha value is -2.35. The summed E-state index contributed by atoms with van der Waals surface area (Å²) >= 11 is 1.34. The van der Waals surface area contributed by atoms with E-state index >= 15 is 0 Å². The van der Waals surface area contributed by atoms with E-state index in [0.29, 0.717) is 5.16 Å². The summed E-state index contributed by atoms with van der Waals surface area (Å²) in [6, 6.07) is 11.8. The van der Waals surface area contributed by atoms with Crippen LogP contribution >= 0.6 is 11.8 Å². The Bertz CT molecular complexity index is 1050. The minimum absolute atomic E-state index is 0.116. The van der Waals surface area contributed by atoms with Crippen molar-refractivity contribution >= 4 is 28.4 Å². The van der Waals surface area contributed by atoms with Gasteiger partial charge in [0.25, 0.3) is 0 Å². The number of thioether (sulfide) groups is 1. The van der Waals surface area contributed by atoms with E-state index in [1.165, 1.54) is 22.7 Å². The van der Waals surface area contributed by atoms with Crippen molar-refractivity contribution in [3.63, 3.8) is 0 Å². The van der Waals surface area contributed by atoms with E-state index in [1.54, 1.807) is 6.20 Å². The first kappa shape index (κ1) is 23.3. The van der Waals surface area contributed by atoms with Crippen LogP contribution in [0.15, 0.2) is 53.9 Å². The van der Waals surface area contributed by atoms with E-state index in [0.717, 1.165) is 17.5 Å². The summed E-state index contributed by atoms with van der Waals surface area (Å²) in [5.41, 5.74) is 2.30. The second-order valence-corrected chi connectivity index (χ2v) is 10.1. The summed E-state index contributed by atoms with van der Waals surface area (Å²) in [6.07, 6.45) is 2.97. The zero-order chi connectivity index (χ0) is 22.8. The van der Waals surface area contributed by atoms with Crippen molar-refractivity contribution < 1.29 is 15.0 Å². The van der Waals surface area contributed by atoms with Gasteiger partial charge in [-0.2, -0.15) is 0 Å². The van der Waals surface area contributed by atoms with Gasteiger partial charge in [0.2, 0.25) is 5.91 Å². The number of hydrogen-bond acceptors (Lipinski definition) is 5. The lowest BCUT2D eigenvalue weighted by Gasteiger charge is -2.29. The number of hydrogen-bond donors (Lipinski definition) is 3. The van der Waals surface area contributed by atoms with Crippen LogP contribution in [0.3, 0.4) is 0 Å². The molecule has 0 aliphatic rings. The molecule has 3 rings (SSSR count). The van der Waals surface area contributed by atoms with Crippen molar-refractivity contribution in [1.29, 1.82) is 0 Å². The molecule has 0 aliphatic heterocycles. The maximum Gasteiger partial charge on any atom is 0.236 e. The molecule has 3 N–H and O–H groups in total. The molecule has 1 amide bonds. The Balaban J connectivity index is 1.92. The molecule has 0 saturated carbocycles. The Morgan fingerprint density at radius 1 is 1.16 bits per heavy atom. The molecule has 3 aromatic rings. The average molecular weight is 442 g/mol. The van der Waals surface area contributed by atoms with Crippen LogP contribution in [0.1, 0.15) is 40.2 Å². The molecule has 0 radical (unpaired) electrons.